The Labute approximate surface area is 105 Å². The smallest absolute Gasteiger partial charge is 0.185 e. The monoisotopic (exact) mass is 245 g/mol. The number of nitrogens with zero attached hydrogens (tertiary/aromatic N) is 3. The van der Waals surface area contributed by atoms with E-state index in [1.807, 2.05) is 24.5 Å². The molecule has 0 unspecified atom stereocenters. The fraction of sp³-hybridized carbons (Fsp3) is 0.385. The minimum atomic E-state index is 1.07. The van der Waals surface area contributed by atoms with Gasteiger partial charge in [-0.25, -0.2) is 4.98 Å². The second-order valence-electron chi connectivity index (χ2n) is 4.30. The average molecular weight is 245 g/mol. The number of aromatic nitrogens is 2. The summed E-state index contributed by atoms with van der Waals surface area (Å²) >= 11 is 1.75. The predicted molar refractivity (Wildman–Crippen MR) is 71.4 cm³/mol. The molecule has 0 amide bonds. The van der Waals surface area contributed by atoms with Crippen molar-refractivity contribution in [2.24, 2.45) is 0 Å². The van der Waals surface area contributed by atoms with Crippen LogP contribution in [0.15, 0.2) is 29.9 Å². The fourth-order valence-electron chi connectivity index (χ4n) is 2.15. The van der Waals surface area contributed by atoms with E-state index in [0.29, 0.717) is 0 Å². The van der Waals surface area contributed by atoms with Crippen molar-refractivity contribution in [1.82, 2.24) is 9.97 Å². The molecule has 3 heterocycles. The molecular weight excluding hydrogens is 230 g/mol. The lowest BCUT2D eigenvalue weighted by atomic mass is 10.1. The largest absolute Gasteiger partial charge is 0.348 e. The van der Waals surface area contributed by atoms with Crippen LogP contribution in [-0.2, 0) is 0 Å². The first-order chi connectivity index (χ1) is 8.43. The third-order valence-corrected chi connectivity index (χ3v) is 4.00. The first-order valence-electron chi connectivity index (χ1n) is 6.04. The van der Waals surface area contributed by atoms with Crippen LogP contribution in [-0.4, -0.2) is 23.1 Å². The van der Waals surface area contributed by atoms with Gasteiger partial charge in [0.15, 0.2) is 5.13 Å². The minimum Gasteiger partial charge on any atom is -0.348 e. The van der Waals surface area contributed by atoms with Crippen LogP contribution in [0, 0.1) is 0 Å². The molecule has 0 bridgehead atoms. The molecule has 1 aliphatic rings. The number of thiazole rings is 1. The summed E-state index contributed by atoms with van der Waals surface area (Å²) in [4.78, 5) is 11.2. The van der Waals surface area contributed by atoms with Crippen LogP contribution in [0.5, 0.6) is 0 Å². The highest BCUT2D eigenvalue weighted by atomic mass is 32.1. The molecule has 3 rings (SSSR count). The summed E-state index contributed by atoms with van der Waals surface area (Å²) in [5.41, 5.74) is 2.22. The van der Waals surface area contributed by atoms with Gasteiger partial charge in [-0.1, -0.05) is 0 Å². The van der Waals surface area contributed by atoms with E-state index in [-0.39, 0.29) is 0 Å². The molecule has 4 heteroatoms. The lowest BCUT2D eigenvalue weighted by Crippen LogP contribution is -2.29. The highest BCUT2D eigenvalue weighted by Gasteiger charge is 2.14. The van der Waals surface area contributed by atoms with E-state index in [2.05, 4.69) is 15.3 Å². The zero-order chi connectivity index (χ0) is 11.5. The zero-order valence-electron chi connectivity index (χ0n) is 9.67. The third-order valence-electron chi connectivity index (χ3n) is 3.09. The van der Waals surface area contributed by atoms with Gasteiger partial charge in [0, 0.05) is 36.4 Å². The van der Waals surface area contributed by atoms with Crippen LogP contribution < -0.4 is 4.90 Å². The molecule has 3 nitrogen and oxygen atoms in total. The van der Waals surface area contributed by atoms with E-state index in [1.54, 1.807) is 11.3 Å². The number of piperidine rings is 1. The van der Waals surface area contributed by atoms with Crippen LogP contribution in [0.4, 0.5) is 5.13 Å². The van der Waals surface area contributed by atoms with Crippen molar-refractivity contribution >= 4 is 16.5 Å². The Morgan fingerprint density at radius 3 is 2.59 bits per heavy atom. The van der Waals surface area contributed by atoms with Gasteiger partial charge in [0.05, 0.1) is 5.69 Å². The molecule has 88 valence electrons. The quantitative estimate of drug-likeness (QED) is 0.813. The first-order valence-corrected chi connectivity index (χ1v) is 6.92. The van der Waals surface area contributed by atoms with E-state index < -0.39 is 0 Å². The molecule has 1 aliphatic heterocycles. The summed E-state index contributed by atoms with van der Waals surface area (Å²) in [7, 11) is 0. The summed E-state index contributed by atoms with van der Waals surface area (Å²) in [6.07, 6.45) is 7.58. The van der Waals surface area contributed by atoms with Crippen molar-refractivity contribution in [2.75, 3.05) is 18.0 Å². The lowest BCUT2D eigenvalue weighted by Gasteiger charge is -2.25. The maximum atomic E-state index is 4.72. The molecule has 0 spiro atoms. The van der Waals surface area contributed by atoms with Gasteiger partial charge in [0.25, 0.3) is 0 Å². The van der Waals surface area contributed by atoms with E-state index in [4.69, 9.17) is 4.98 Å². The molecule has 2 aromatic rings. The maximum absolute atomic E-state index is 4.72. The Morgan fingerprint density at radius 2 is 1.82 bits per heavy atom. The average Bonchev–Trinajstić information content (AvgIpc) is 2.90. The summed E-state index contributed by atoms with van der Waals surface area (Å²) in [5, 5.41) is 3.30. The molecule has 0 atom stereocenters. The zero-order valence-corrected chi connectivity index (χ0v) is 10.5. The molecule has 0 radical (unpaired) electrons. The van der Waals surface area contributed by atoms with Crippen molar-refractivity contribution in [3.63, 3.8) is 0 Å². The van der Waals surface area contributed by atoms with Crippen molar-refractivity contribution in [1.29, 1.82) is 0 Å². The van der Waals surface area contributed by atoms with Gasteiger partial charge in [0.1, 0.15) is 0 Å². The van der Waals surface area contributed by atoms with E-state index in [1.165, 1.54) is 19.3 Å². The maximum Gasteiger partial charge on any atom is 0.185 e. The Kier molecular flexibility index (Phi) is 3.05. The van der Waals surface area contributed by atoms with Crippen molar-refractivity contribution < 1.29 is 0 Å². The second kappa shape index (κ2) is 4.84. The predicted octanol–water partition coefficient (Wildman–Crippen LogP) is 3.20. The SMILES string of the molecule is c1cc(-c2csc(N3CCCCC3)n2)ccn1. The van der Waals surface area contributed by atoms with E-state index in [9.17, 15) is 0 Å². The van der Waals surface area contributed by atoms with E-state index in [0.717, 1.165) is 29.5 Å². The molecule has 1 saturated heterocycles. The molecule has 0 N–H and O–H groups in total. The molecule has 0 aromatic carbocycles. The van der Waals surface area contributed by atoms with Crippen LogP contribution in [0.2, 0.25) is 0 Å². The minimum absolute atomic E-state index is 1.07. The number of hydrogen-bond donors (Lipinski definition) is 0. The standard InChI is InChI=1S/C13H15N3S/c1-2-8-16(9-3-1)13-15-12(10-17-13)11-4-6-14-7-5-11/h4-7,10H,1-3,8-9H2. The summed E-state index contributed by atoms with van der Waals surface area (Å²) < 4.78 is 0. The Hall–Kier alpha value is -1.42. The third kappa shape index (κ3) is 2.31. The Balaban J connectivity index is 1.83. The number of hydrogen-bond acceptors (Lipinski definition) is 4. The van der Waals surface area contributed by atoms with Crippen molar-refractivity contribution in [2.45, 2.75) is 19.3 Å². The van der Waals surface area contributed by atoms with Gasteiger partial charge in [-0.05, 0) is 31.4 Å². The van der Waals surface area contributed by atoms with Gasteiger partial charge in [-0.2, -0.15) is 0 Å². The van der Waals surface area contributed by atoms with Gasteiger partial charge in [-0.3, -0.25) is 4.98 Å². The van der Waals surface area contributed by atoms with Crippen molar-refractivity contribution in [3.8, 4) is 11.3 Å². The van der Waals surface area contributed by atoms with Crippen LogP contribution in [0.1, 0.15) is 19.3 Å². The number of anilines is 1. The molecular formula is C13H15N3S. The fourth-order valence-corrected chi connectivity index (χ4v) is 3.04. The summed E-state index contributed by atoms with van der Waals surface area (Å²) in [6.45, 7) is 2.31. The molecule has 1 fully saturated rings. The van der Waals surface area contributed by atoms with Gasteiger partial charge < -0.3 is 4.90 Å². The van der Waals surface area contributed by atoms with Crippen LogP contribution >= 0.6 is 11.3 Å². The normalized spacial score (nSPS) is 16.1. The number of rotatable bonds is 2. The molecule has 0 saturated carbocycles. The molecule has 17 heavy (non-hydrogen) atoms. The van der Waals surface area contributed by atoms with Crippen LogP contribution in [0.25, 0.3) is 11.3 Å². The second-order valence-corrected chi connectivity index (χ2v) is 5.14. The summed E-state index contributed by atoms with van der Waals surface area (Å²) in [5.74, 6) is 0. The topological polar surface area (TPSA) is 29.0 Å². The lowest BCUT2D eigenvalue weighted by molar-refractivity contribution is 0.577. The number of pyridine rings is 1. The van der Waals surface area contributed by atoms with Gasteiger partial charge >= 0.3 is 0 Å². The van der Waals surface area contributed by atoms with Crippen molar-refractivity contribution in [3.05, 3.63) is 29.9 Å². The van der Waals surface area contributed by atoms with Gasteiger partial charge in [0.2, 0.25) is 0 Å². The van der Waals surface area contributed by atoms with E-state index >= 15 is 0 Å². The first kappa shape index (κ1) is 10.7. The molecule has 2 aromatic heterocycles. The highest BCUT2D eigenvalue weighted by Crippen LogP contribution is 2.28. The summed E-state index contributed by atoms with van der Waals surface area (Å²) in [6, 6.07) is 4.02. The Bertz CT molecular complexity index is 474. The Morgan fingerprint density at radius 1 is 1.06 bits per heavy atom. The van der Waals surface area contributed by atoms with Crippen LogP contribution in [0.3, 0.4) is 0 Å². The van der Waals surface area contributed by atoms with Gasteiger partial charge in [-0.15, -0.1) is 11.3 Å². The highest BCUT2D eigenvalue weighted by molar-refractivity contribution is 7.14. The molecule has 0 aliphatic carbocycles.